The molecule has 0 heterocycles. The number of halogens is 1. The third-order valence-corrected chi connectivity index (χ3v) is 9.89. The molecule has 0 radical (unpaired) electrons. The van der Waals surface area contributed by atoms with E-state index in [2.05, 4.69) is 21.2 Å². The maximum atomic E-state index is 14.1. The first-order valence-corrected chi connectivity index (χ1v) is 16.4. The minimum Gasteiger partial charge on any atom is -0.497 e. The minimum atomic E-state index is -4.13. The number of aryl methyl sites for hydroxylation is 1. The van der Waals surface area contributed by atoms with E-state index in [1.165, 1.54) is 24.1 Å². The summed E-state index contributed by atoms with van der Waals surface area (Å²) in [5.74, 6) is -0.183. The Kier molecular flexibility index (Phi) is 10.7. The molecule has 0 aromatic heterocycles. The smallest absolute Gasteiger partial charge is 0.264 e. The van der Waals surface area contributed by atoms with Crippen molar-refractivity contribution in [1.29, 1.82) is 0 Å². The van der Waals surface area contributed by atoms with Crippen LogP contribution in [-0.4, -0.2) is 50.9 Å². The van der Waals surface area contributed by atoms with Crippen LogP contribution in [0.2, 0.25) is 0 Å². The second-order valence-corrected chi connectivity index (χ2v) is 13.5. The Morgan fingerprint density at radius 3 is 2.29 bits per heavy atom. The number of carbonyl (C=O) groups excluding carboxylic acids is 2. The van der Waals surface area contributed by atoms with Crippen LogP contribution in [0.3, 0.4) is 0 Å². The van der Waals surface area contributed by atoms with Crippen LogP contribution in [0.15, 0.2) is 82.2 Å². The van der Waals surface area contributed by atoms with E-state index in [-0.39, 0.29) is 23.4 Å². The van der Waals surface area contributed by atoms with Gasteiger partial charge in [0, 0.05) is 17.1 Å². The number of carbonyl (C=O) groups is 2. The number of benzene rings is 3. The molecule has 1 unspecified atom stereocenters. The zero-order chi connectivity index (χ0) is 30.3. The number of anilines is 1. The van der Waals surface area contributed by atoms with E-state index in [4.69, 9.17) is 4.74 Å². The number of sulfonamides is 1. The lowest BCUT2D eigenvalue weighted by Crippen LogP contribution is -2.53. The van der Waals surface area contributed by atoms with Gasteiger partial charge in [-0.05, 0) is 80.8 Å². The van der Waals surface area contributed by atoms with Gasteiger partial charge in [-0.1, -0.05) is 65.0 Å². The Bertz CT molecular complexity index is 1470. The predicted octanol–water partition coefficient (Wildman–Crippen LogP) is 5.83. The van der Waals surface area contributed by atoms with Crippen molar-refractivity contribution in [3.63, 3.8) is 0 Å². The van der Waals surface area contributed by atoms with Gasteiger partial charge >= 0.3 is 0 Å². The topological polar surface area (TPSA) is 96.0 Å². The summed E-state index contributed by atoms with van der Waals surface area (Å²) in [6.07, 6.45) is 5.11. The molecule has 8 nitrogen and oxygen atoms in total. The van der Waals surface area contributed by atoms with Crippen LogP contribution in [0.25, 0.3) is 0 Å². The molecule has 1 saturated carbocycles. The summed E-state index contributed by atoms with van der Waals surface area (Å²) in [6.45, 7) is 3.22. The van der Waals surface area contributed by atoms with Crippen LogP contribution in [0, 0.1) is 6.92 Å². The average molecular weight is 657 g/mol. The summed E-state index contributed by atoms with van der Waals surface area (Å²) < 4.78 is 35.1. The Morgan fingerprint density at radius 2 is 1.67 bits per heavy atom. The molecule has 2 amide bonds. The summed E-state index contributed by atoms with van der Waals surface area (Å²) in [5, 5.41) is 3.12. The van der Waals surface area contributed by atoms with Crippen LogP contribution in [-0.2, 0) is 26.2 Å². The molecule has 0 saturated heterocycles. The van der Waals surface area contributed by atoms with Crippen LogP contribution in [0.5, 0.6) is 5.75 Å². The predicted molar refractivity (Wildman–Crippen MR) is 168 cm³/mol. The quantitative estimate of drug-likeness (QED) is 0.281. The van der Waals surface area contributed by atoms with Crippen LogP contribution in [0.1, 0.15) is 50.2 Å². The lowest BCUT2D eigenvalue weighted by atomic mass is 9.95. The molecule has 10 heteroatoms. The van der Waals surface area contributed by atoms with Crippen molar-refractivity contribution in [3.05, 3.63) is 88.4 Å². The van der Waals surface area contributed by atoms with Gasteiger partial charge in [0.2, 0.25) is 11.8 Å². The first-order valence-electron chi connectivity index (χ1n) is 14.2. The summed E-state index contributed by atoms with van der Waals surface area (Å²) in [7, 11) is -2.60. The molecular formula is C32H38BrN3O5S. The van der Waals surface area contributed by atoms with Gasteiger partial charge in [0.1, 0.15) is 18.3 Å². The number of hydrogen-bond acceptors (Lipinski definition) is 5. The van der Waals surface area contributed by atoms with E-state index in [1.807, 2.05) is 31.2 Å². The number of hydrogen-bond donors (Lipinski definition) is 1. The van der Waals surface area contributed by atoms with Gasteiger partial charge in [0.15, 0.2) is 0 Å². The molecule has 1 atom stereocenters. The molecule has 1 fully saturated rings. The summed E-state index contributed by atoms with van der Waals surface area (Å²) in [4.78, 5) is 29.1. The third kappa shape index (κ3) is 7.92. The molecule has 224 valence electrons. The highest BCUT2D eigenvalue weighted by Crippen LogP contribution is 2.27. The molecule has 1 N–H and O–H groups in total. The standard InChI is InChI=1S/C32H38BrN3O5S/c1-23-12-18-30(19-13-23)42(39,40)36(28-14-16-29(41-3)17-15-28)22-31(37)35(21-25-8-7-9-26(33)20-25)24(2)32(38)34-27-10-5-4-6-11-27/h7-9,12-20,24,27H,4-6,10-11,21-22H2,1-3H3,(H,34,38). The van der Waals surface area contributed by atoms with Crippen molar-refractivity contribution in [2.75, 3.05) is 18.0 Å². The average Bonchev–Trinajstić information content (AvgIpc) is 2.99. The Labute approximate surface area is 257 Å². The first-order chi connectivity index (χ1) is 20.1. The number of nitrogens with zero attached hydrogens (tertiary/aromatic N) is 2. The molecule has 3 aromatic rings. The van der Waals surface area contributed by atoms with E-state index in [9.17, 15) is 18.0 Å². The van der Waals surface area contributed by atoms with Gasteiger partial charge in [0.05, 0.1) is 17.7 Å². The van der Waals surface area contributed by atoms with Crippen molar-refractivity contribution in [2.24, 2.45) is 0 Å². The highest BCUT2D eigenvalue weighted by atomic mass is 79.9. The zero-order valence-electron chi connectivity index (χ0n) is 24.3. The third-order valence-electron chi connectivity index (χ3n) is 7.61. The number of ether oxygens (including phenoxy) is 1. The molecule has 0 spiro atoms. The zero-order valence-corrected chi connectivity index (χ0v) is 26.7. The summed E-state index contributed by atoms with van der Waals surface area (Å²) in [5.41, 5.74) is 2.04. The normalized spacial score (nSPS) is 14.6. The number of methoxy groups -OCH3 is 1. The van der Waals surface area contributed by atoms with Gasteiger partial charge in [-0.15, -0.1) is 0 Å². The van der Waals surface area contributed by atoms with Gasteiger partial charge in [-0.25, -0.2) is 8.42 Å². The molecule has 0 bridgehead atoms. The van der Waals surface area contributed by atoms with E-state index < -0.39 is 28.5 Å². The Morgan fingerprint density at radius 1 is 1.00 bits per heavy atom. The van der Waals surface area contributed by atoms with Gasteiger partial charge < -0.3 is 15.0 Å². The number of nitrogens with one attached hydrogen (secondary N) is 1. The fourth-order valence-electron chi connectivity index (χ4n) is 5.10. The number of amides is 2. The lowest BCUT2D eigenvalue weighted by Gasteiger charge is -2.33. The lowest BCUT2D eigenvalue weighted by molar-refractivity contribution is -0.139. The molecule has 3 aromatic carbocycles. The summed E-state index contributed by atoms with van der Waals surface area (Å²) in [6, 6.07) is 19.8. The van der Waals surface area contributed by atoms with Gasteiger partial charge in [-0.3, -0.25) is 13.9 Å². The van der Waals surface area contributed by atoms with Crippen LogP contribution in [0.4, 0.5) is 5.69 Å². The van der Waals surface area contributed by atoms with Crippen LogP contribution >= 0.6 is 15.9 Å². The Hall–Kier alpha value is -3.37. The van der Waals surface area contributed by atoms with Crippen molar-refractivity contribution in [2.45, 2.75) is 69.5 Å². The van der Waals surface area contributed by atoms with Gasteiger partial charge in [0.25, 0.3) is 10.0 Å². The molecule has 4 rings (SSSR count). The monoisotopic (exact) mass is 655 g/mol. The van der Waals surface area contributed by atoms with Crippen molar-refractivity contribution < 1.29 is 22.7 Å². The van der Waals surface area contributed by atoms with Crippen molar-refractivity contribution in [1.82, 2.24) is 10.2 Å². The van der Waals surface area contributed by atoms with E-state index >= 15 is 0 Å². The van der Waals surface area contributed by atoms with E-state index in [0.29, 0.717) is 11.4 Å². The largest absolute Gasteiger partial charge is 0.497 e. The summed E-state index contributed by atoms with van der Waals surface area (Å²) >= 11 is 3.48. The highest BCUT2D eigenvalue weighted by molar-refractivity contribution is 9.10. The minimum absolute atomic E-state index is 0.0679. The number of rotatable bonds is 11. The second-order valence-electron chi connectivity index (χ2n) is 10.7. The van der Waals surface area contributed by atoms with E-state index in [0.717, 1.165) is 52.0 Å². The maximum Gasteiger partial charge on any atom is 0.264 e. The fourth-order valence-corrected chi connectivity index (χ4v) is 6.96. The first kappa shape index (κ1) is 31.6. The highest BCUT2D eigenvalue weighted by Gasteiger charge is 2.33. The molecule has 1 aliphatic carbocycles. The molecular weight excluding hydrogens is 618 g/mol. The van der Waals surface area contributed by atoms with Crippen molar-refractivity contribution in [3.8, 4) is 5.75 Å². The molecule has 1 aliphatic rings. The maximum absolute atomic E-state index is 14.1. The fraction of sp³-hybridized carbons (Fsp3) is 0.375. The molecule has 42 heavy (non-hydrogen) atoms. The second kappa shape index (κ2) is 14.2. The van der Waals surface area contributed by atoms with Crippen molar-refractivity contribution >= 4 is 43.5 Å². The van der Waals surface area contributed by atoms with Crippen LogP contribution < -0.4 is 14.4 Å². The Balaban J connectivity index is 1.68. The molecule has 0 aliphatic heterocycles. The van der Waals surface area contributed by atoms with Gasteiger partial charge in [-0.2, -0.15) is 0 Å². The SMILES string of the molecule is COc1ccc(N(CC(=O)N(Cc2cccc(Br)c2)C(C)C(=O)NC2CCCCC2)S(=O)(=O)c2ccc(C)cc2)cc1. The van der Waals surface area contributed by atoms with E-state index in [1.54, 1.807) is 43.3 Å².